The van der Waals surface area contributed by atoms with Gasteiger partial charge in [-0.2, -0.15) is 0 Å². The number of aryl methyl sites for hydroxylation is 1. The fourth-order valence-corrected chi connectivity index (χ4v) is 2.17. The second kappa shape index (κ2) is 10.7. The molecule has 1 aromatic carbocycles. The number of hydrogen-bond donors (Lipinski definition) is 1. The molecule has 0 aliphatic carbocycles. The van der Waals surface area contributed by atoms with Crippen molar-refractivity contribution in [2.45, 2.75) is 71.3 Å². The molecule has 1 unspecified atom stereocenters. The number of rotatable bonds is 11. The van der Waals surface area contributed by atoms with E-state index in [2.05, 4.69) is 19.1 Å². The number of ether oxygens (including phenoxy) is 1. The van der Waals surface area contributed by atoms with E-state index in [9.17, 15) is 5.11 Å². The molecule has 2 nitrogen and oxygen atoms in total. The fourth-order valence-electron chi connectivity index (χ4n) is 2.17. The van der Waals surface area contributed by atoms with Crippen molar-refractivity contribution in [2.24, 2.45) is 0 Å². The van der Waals surface area contributed by atoms with Crippen LogP contribution in [0, 0.1) is 0 Å². The first-order valence-electron chi connectivity index (χ1n) is 8.16. The van der Waals surface area contributed by atoms with Crippen LogP contribution in [0.5, 0.6) is 5.75 Å². The average Bonchev–Trinajstić information content (AvgIpc) is 2.49. The molecule has 0 amide bonds. The molecule has 0 spiro atoms. The van der Waals surface area contributed by atoms with Crippen LogP contribution in [0.15, 0.2) is 24.3 Å². The first-order valence-corrected chi connectivity index (χ1v) is 8.16. The lowest BCUT2D eigenvalue weighted by atomic mass is 10.0. The molecular formula is C18H30O2. The monoisotopic (exact) mass is 278 g/mol. The van der Waals surface area contributed by atoms with Gasteiger partial charge in [0.05, 0.1) is 6.10 Å². The highest BCUT2D eigenvalue weighted by atomic mass is 16.5. The third-order valence-corrected chi connectivity index (χ3v) is 3.66. The Labute approximate surface area is 124 Å². The van der Waals surface area contributed by atoms with Crippen molar-refractivity contribution in [3.05, 3.63) is 29.8 Å². The highest BCUT2D eigenvalue weighted by molar-refractivity contribution is 5.27. The van der Waals surface area contributed by atoms with Crippen LogP contribution in [0.25, 0.3) is 0 Å². The average molecular weight is 278 g/mol. The van der Waals surface area contributed by atoms with Crippen LogP contribution in [-0.4, -0.2) is 17.8 Å². The lowest BCUT2D eigenvalue weighted by molar-refractivity contribution is 0.104. The van der Waals surface area contributed by atoms with Crippen LogP contribution >= 0.6 is 0 Å². The molecule has 0 fully saturated rings. The Morgan fingerprint density at radius 1 is 0.950 bits per heavy atom. The first-order chi connectivity index (χ1) is 9.76. The van der Waals surface area contributed by atoms with Gasteiger partial charge in [0.25, 0.3) is 0 Å². The summed E-state index contributed by atoms with van der Waals surface area (Å²) >= 11 is 0. The van der Waals surface area contributed by atoms with Gasteiger partial charge in [-0.15, -0.1) is 0 Å². The topological polar surface area (TPSA) is 29.5 Å². The summed E-state index contributed by atoms with van der Waals surface area (Å²) in [5, 5.41) is 9.45. The zero-order valence-corrected chi connectivity index (χ0v) is 13.1. The van der Waals surface area contributed by atoms with E-state index >= 15 is 0 Å². The van der Waals surface area contributed by atoms with Gasteiger partial charge in [-0.25, -0.2) is 0 Å². The van der Waals surface area contributed by atoms with Crippen LogP contribution in [0.3, 0.4) is 0 Å². The van der Waals surface area contributed by atoms with Crippen LogP contribution < -0.4 is 4.74 Å². The highest BCUT2D eigenvalue weighted by Crippen LogP contribution is 2.15. The summed E-state index contributed by atoms with van der Waals surface area (Å²) in [7, 11) is 0. The Bertz CT molecular complexity index is 332. The summed E-state index contributed by atoms with van der Waals surface area (Å²) in [5.41, 5.74) is 1.38. The minimum atomic E-state index is -0.363. The van der Waals surface area contributed by atoms with Gasteiger partial charge >= 0.3 is 0 Å². The Balaban J connectivity index is 2.18. The summed E-state index contributed by atoms with van der Waals surface area (Å²) in [5.74, 6) is 0.851. The zero-order valence-electron chi connectivity index (χ0n) is 13.1. The number of aliphatic hydroxyl groups excluding tert-OH is 1. The normalized spacial score (nSPS) is 12.3. The zero-order chi connectivity index (χ0) is 14.6. The van der Waals surface area contributed by atoms with Crippen molar-refractivity contribution < 1.29 is 9.84 Å². The SMILES string of the molecule is CCCCCCCCc1ccc(OCC(O)CC)cc1. The van der Waals surface area contributed by atoms with Gasteiger partial charge in [-0.1, -0.05) is 58.1 Å². The van der Waals surface area contributed by atoms with E-state index in [4.69, 9.17) is 4.74 Å². The second-order valence-corrected chi connectivity index (χ2v) is 5.53. The van der Waals surface area contributed by atoms with Crippen molar-refractivity contribution >= 4 is 0 Å². The summed E-state index contributed by atoms with van der Waals surface area (Å²) in [6.45, 7) is 4.59. The van der Waals surface area contributed by atoms with Crippen LogP contribution in [0.2, 0.25) is 0 Å². The molecule has 114 valence electrons. The molecule has 1 atom stereocenters. The van der Waals surface area contributed by atoms with Gasteiger partial charge in [0.15, 0.2) is 0 Å². The first kappa shape index (κ1) is 17.0. The molecule has 0 saturated heterocycles. The molecule has 1 N–H and O–H groups in total. The third kappa shape index (κ3) is 7.54. The molecule has 0 aliphatic heterocycles. The van der Waals surface area contributed by atoms with E-state index in [1.54, 1.807) is 0 Å². The van der Waals surface area contributed by atoms with Gasteiger partial charge in [-0.05, 0) is 37.0 Å². The third-order valence-electron chi connectivity index (χ3n) is 3.66. The molecule has 20 heavy (non-hydrogen) atoms. The molecule has 0 bridgehead atoms. The van der Waals surface area contributed by atoms with Gasteiger partial charge in [0, 0.05) is 0 Å². The fraction of sp³-hybridized carbons (Fsp3) is 0.667. The van der Waals surface area contributed by atoms with Crippen molar-refractivity contribution in [1.82, 2.24) is 0 Å². The molecule has 0 aromatic heterocycles. The van der Waals surface area contributed by atoms with Crippen LogP contribution in [0.1, 0.15) is 64.4 Å². The number of hydrogen-bond acceptors (Lipinski definition) is 2. The molecule has 1 aromatic rings. The van der Waals surface area contributed by atoms with Gasteiger partial charge in [0.1, 0.15) is 12.4 Å². The maximum absolute atomic E-state index is 9.45. The predicted molar refractivity (Wildman–Crippen MR) is 85.3 cm³/mol. The lowest BCUT2D eigenvalue weighted by Crippen LogP contribution is -2.15. The Kier molecular flexibility index (Phi) is 9.14. The van der Waals surface area contributed by atoms with Crippen LogP contribution in [0.4, 0.5) is 0 Å². The molecule has 0 heterocycles. The second-order valence-electron chi connectivity index (χ2n) is 5.53. The van der Waals surface area contributed by atoms with E-state index in [0.717, 1.165) is 18.6 Å². The number of benzene rings is 1. The largest absolute Gasteiger partial charge is 0.491 e. The van der Waals surface area contributed by atoms with Crippen molar-refractivity contribution in [3.8, 4) is 5.75 Å². The molecule has 0 aliphatic rings. The van der Waals surface area contributed by atoms with E-state index in [1.165, 1.54) is 44.1 Å². The van der Waals surface area contributed by atoms with Crippen molar-refractivity contribution in [1.29, 1.82) is 0 Å². The van der Waals surface area contributed by atoms with E-state index in [0.29, 0.717) is 6.61 Å². The summed E-state index contributed by atoms with van der Waals surface area (Å²) < 4.78 is 5.53. The Morgan fingerprint density at radius 2 is 1.60 bits per heavy atom. The predicted octanol–water partition coefficient (Wildman–Crippen LogP) is 4.74. The molecule has 1 rings (SSSR count). The van der Waals surface area contributed by atoms with Crippen molar-refractivity contribution in [3.63, 3.8) is 0 Å². The van der Waals surface area contributed by atoms with Crippen molar-refractivity contribution in [2.75, 3.05) is 6.61 Å². The van der Waals surface area contributed by atoms with E-state index in [1.807, 2.05) is 19.1 Å². The molecule has 0 radical (unpaired) electrons. The van der Waals surface area contributed by atoms with Gasteiger partial charge in [0.2, 0.25) is 0 Å². The summed E-state index contributed by atoms with van der Waals surface area (Å²) in [6, 6.07) is 8.29. The molecular weight excluding hydrogens is 248 g/mol. The van der Waals surface area contributed by atoms with E-state index in [-0.39, 0.29) is 6.10 Å². The minimum absolute atomic E-state index is 0.363. The lowest BCUT2D eigenvalue weighted by Gasteiger charge is -2.10. The number of unbranched alkanes of at least 4 members (excludes halogenated alkanes) is 5. The minimum Gasteiger partial charge on any atom is -0.491 e. The maximum atomic E-state index is 9.45. The summed E-state index contributed by atoms with van der Waals surface area (Å²) in [6.07, 6.45) is 9.56. The Morgan fingerprint density at radius 3 is 2.25 bits per heavy atom. The van der Waals surface area contributed by atoms with Gasteiger partial charge in [-0.3, -0.25) is 0 Å². The van der Waals surface area contributed by atoms with Gasteiger partial charge < -0.3 is 9.84 Å². The van der Waals surface area contributed by atoms with E-state index < -0.39 is 0 Å². The Hall–Kier alpha value is -1.02. The maximum Gasteiger partial charge on any atom is 0.119 e. The van der Waals surface area contributed by atoms with Crippen LogP contribution in [-0.2, 0) is 6.42 Å². The quantitative estimate of drug-likeness (QED) is 0.592. The highest BCUT2D eigenvalue weighted by Gasteiger charge is 2.02. The molecule has 2 heteroatoms. The smallest absolute Gasteiger partial charge is 0.119 e. The standard InChI is InChI=1S/C18H30O2/c1-3-5-6-7-8-9-10-16-11-13-18(14-12-16)20-15-17(19)4-2/h11-14,17,19H,3-10,15H2,1-2H3. The number of aliphatic hydroxyl groups is 1. The molecule has 0 saturated carbocycles. The summed E-state index contributed by atoms with van der Waals surface area (Å²) in [4.78, 5) is 0.